The number of nitrogens with zero attached hydrogens (tertiary/aromatic N) is 2. The molecule has 0 radical (unpaired) electrons. The molecular weight excluding hydrogens is 384 g/mol. The van der Waals surface area contributed by atoms with E-state index >= 15 is 0 Å². The van der Waals surface area contributed by atoms with E-state index in [0.717, 1.165) is 18.6 Å². The van der Waals surface area contributed by atoms with Crippen LogP contribution in [-0.2, 0) is 16.6 Å². The molecule has 1 aliphatic rings. The number of amides is 1. The molecule has 1 saturated heterocycles. The fourth-order valence-electron chi connectivity index (χ4n) is 4.43. The van der Waals surface area contributed by atoms with Gasteiger partial charge in [0.2, 0.25) is 5.91 Å². The van der Waals surface area contributed by atoms with Gasteiger partial charge < -0.3 is 9.64 Å². The van der Waals surface area contributed by atoms with Crippen molar-refractivity contribution in [1.82, 2.24) is 9.80 Å². The van der Waals surface area contributed by atoms with E-state index in [0.29, 0.717) is 12.5 Å². The molecule has 0 aromatic heterocycles. The number of carbonyl (C=O) groups excluding carboxylic acids is 1. The van der Waals surface area contributed by atoms with Crippen LogP contribution < -0.4 is 4.74 Å². The molecule has 4 heteroatoms. The highest BCUT2D eigenvalue weighted by atomic mass is 16.5. The van der Waals surface area contributed by atoms with Gasteiger partial charge in [0.15, 0.2) is 0 Å². The van der Waals surface area contributed by atoms with Crippen molar-refractivity contribution in [3.63, 3.8) is 0 Å². The quantitative estimate of drug-likeness (QED) is 0.597. The second-order valence-electron chi connectivity index (χ2n) is 10.2. The first-order valence-electron chi connectivity index (χ1n) is 11.4. The predicted molar refractivity (Wildman–Crippen MR) is 127 cm³/mol. The SMILES string of the molecule is COc1ccc(CCN2C(=O)[C@H](CC(C)C)N(C)[C@@H]2c2ccc(C(C)(C)C)cc2)cc1. The molecule has 2 aromatic rings. The molecule has 0 saturated carbocycles. The van der Waals surface area contributed by atoms with Crippen molar-refractivity contribution in [3.8, 4) is 5.75 Å². The van der Waals surface area contributed by atoms with Crippen LogP contribution in [0, 0.1) is 5.92 Å². The zero-order valence-electron chi connectivity index (χ0n) is 20.2. The molecule has 0 aliphatic carbocycles. The highest BCUT2D eigenvalue weighted by Crippen LogP contribution is 2.36. The first-order valence-corrected chi connectivity index (χ1v) is 11.4. The highest BCUT2D eigenvalue weighted by molar-refractivity contribution is 5.84. The van der Waals surface area contributed by atoms with E-state index in [4.69, 9.17) is 4.74 Å². The normalized spacial score (nSPS) is 20.0. The van der Waals surface area contributed by atoms with Crippen molar-refractivity contribution >= 4 is 5.91 Å². The summed E-state index contributed by atoms with van der Waals surface area (Å²) < 4.78 is 5.27. The Bertz CT molecular complexity index is 866. The molecule has 168 valence electrons. The summed E-state index contributed by atoms with van der Waals surface area (Å²) in [5, 5.41) is 0. The first-order chi connectivity index (χ1) is 14.6. The molecule has 0 N–H and O–H groups in total. The standard InChI is InChI=1S/C27H38N2O2/c1-19(2)18-24-26(30)29(17-16-20-8-14-23(31-7)15-9-20)25(28(24)6)21-10-12-22(13-11-21)27(3,4)5/h8-15,19,24-25H,16-18H2,1-7H3/t24-,25-/m0/s1. The van der Waals surface area contributed by atoms with Gasteiger partial charge in [-0.2, -0.15) is 0 Å². The molecule has 0 unspecified atom stereocenters. The fourth-order valence-corrected chi connectivity index (χ4v) is 4.43. The van der Waals surface area contributed by atoms with E-state index in [1.807, 2.05) is 12.1 Å². The largest absolute Gasteiger partial charge is 0.497 e. The van der Waals surface area contributed by atoms with E-state index in [-0.39, 0.29) is 23.5 Å². The van der Waals surface area contributed by atoms with Crippen molar-refractivity contribution in [1.29, 1.82) is 0 Å². The summed E-state index contributed by atoms with van der Waals surface area (Å²) in [6.07, 6.45) is 1.68. The third kappa shape index (κ3) is 5.30. The molecule has 1 heterocycles. The van der Waals surface area contributed by atoms with Gasteiger partial charge in [-0.15, -0.1) is 0 Å². The summed E-state index contributed by atoms with van der Waals surface area (Å²) >= 11 is 0. The zero-order valence-corrected chi connectivity index (χ0v) is 20.2. The first kappa shape index (κ1) is 23.3. The van der Waals surface area contributed by atoms with Gasteiger partial charge in [0, 0.05) is 6.54 Å². The third-order valence-electron chi connectivity index (χ3n) is 6.31. The van der Waals surface area contributed by atoms with Crippen molar-refractivity contribution in [2.45, 2.75) is 65.1 Å². The van der Waals surface area contributed by atoms with E-state index in [2.05, 4.69) is 87.9 Å². The lowest BCUT2D eigenvalue weighted by molar-refractivity contribution is -0.130. The summed E-state index contributed by atoms with van der Waals surface area (Å²) in [6, 6.07) is 16.9. The number of hydrogen-bond donors (Lipinski definition) is 0. The fraction of sp³-hybridized carbons (Fsp3) is 0.519. The molecule has 1 amide bonds. The Morgan fingerprint density at radius 2 is 1.61 bits per heavy atom. The number of rotatable bonds is 7. The summed E-state index contributed by atoms with van der Waals surface area (Å²) in [7, 11) is 3.78. The van der Waals surface area contributed by atoms with E-state index in [1.165, 1.54) is 16.7 Å². The van der Waals surface area contributed by atoms with E-state index in [9.17, 15) is 4.79 Å². The van der Waals surface area contributed by atoms with Crippen molar-refractivity contribution in [2.24, 2.45) is 5.92 Å². The Balaban J connectivity index is 1.85. The minimum Gasteiger partial charge on any atom is -0.497 e. The second-order valence-corrected chi connectivity index (χ2v) is 10.2. The Kier molecular flexibility index (Phi) is 7.10. The summed E-state index contributed by atoms with van der Waals surface area (Å²) in [5.41, 5.74) is 3.83. The molecule has 4 nitrogen and oxygen atoms in total. The van der Waals surface area contributed by atoms with Crippen molar-refractivity contribution in [3.05, 3.63) is 65.2 Å². The van der Waals surface area contributed by atoms with Gasteiger partial charge in [-0.3, -0.25) is 9.69 Å². The van der Waals surface area contributed by atoms with Crippen LogP contribution in [0.4, 0.5) is 0 Å². The predicted octanol–water partition coefficient (Wildman–Crippen LogP) is 5.42. The van der Waals surface area contributed by atoms with Crippen molar-refractivity contribution in [2.75, 3.05) is 20.7 Å². The zero-order chi connectivity index (χ0) is 22.8. The molecule has 3 rings (SSSR count). The molecule has 2 atom stereocenters. The summed E-state index contributed by atoms with van der Waals surface area (Å²) in [5.74, 6) is 1.58. The third-order valence-corrected chi connectivity index (χ3v) is 6.31. The minimum absolute atomic E-state index is 0.0245. The number of hydrogen-bond acceptors (Lipinski definition) is 3. The van der Waals surface area contributed by atoms with Gasteiger partial charge in [0.25, 0.3) is 0 Å². The number of benzene rings is 2. The van der Waals surface area contributed by atoms with Crippen LogP contribution in [0.3, 0.4) is 0 Å². The molecule has 31 heavy (non-hydrogen) atoms. The topological polar surface area (TPSA) is 32.8 Å². The number of ether oxygens (including phenoxy) is 1. The number of methoxy groups -OCH3 is 1. The van der Waals surface area contributed by atoms with Gasteiger partial charge in [-0.25, -0.2) is 0 Å². The Morgan fingerprint density at radius 3 is 2.13 bits per heavy atom. The van der Waals surface area contributed by atoms with Gasteiger partial charge in [0.05, 0.1) is 13.2 Å². The molecule has 2 aromatic carbocycles. The molecule has 0 spiro atoms. The maximum atomic E-state index is 13.4. The van der Waals surface area contributed by atoms with Crippen LogP contribution in [0.2, 0.25) is 0 Å². The lowest BCUT2D eigenvalue weighted by atomic mass is 9.86. The van der Waals surface area contributed by atoms with Crippen LogP contribution >= 0.6 is 0 Å². The number of likely N-dealkylation sites (N-methyl/N-ethyl adjacent to an activating group) is 1. The van der Waals surface area contributed by atoms with E-state index < -0.39 is 0 Å². The van der Waals surface area contributed by atoms with Crippen LogP contribution in [0.1, 0.15) is 63.9 Å². The molecular formula is C27H38N2O2. The van der Waals surface area contributed by atoms with Crippen LogP contribution in [0.15, 0.2) is 48.5 Å². The van der Waals surface area contributed by atoms with Crippen molar-refractivity contribution < 1.29 is 9.53 Å². The summed E-state index contributed by atoms with van der Waals surface area (Å²) in [6.45, 7) is 11.8. The number of carbonyl (C=O) groups is 1. The minimum atomic E-state index is -0.0665. The summed E-state index contributed by atoms with van der Waals surface area (Å²) in [4.78, 5) is 17.8. The Labute approximate surface area is 188 Å². The molecule has 1 aliphatic heterocycles. The van der Waals surface area contributed by atoms with Crippen LogP contribution in [-0.4, -0.2) is 42.5 Å². The molecule has 0 bridgehead atoms. The molecule has 1 fully saturated rings. The second kappa shape index (κ2) is 9.44. The van der Waals surface area contributed by atoms with Gasteiger partial charge in [-0.1, -0.05) is 71.0 Å². The lowest BCUT2D eigenvalue weighted by Gasteiger charge is -2.30. The lowest BCUT2D eigenvalue weighted by Crippen LogP contribution is -2.33. The van der Waals surface area contributed by atoms with Crippen LogP contribution in [0.5, 0.6) is 5.75 Å². The van der Waals surface area contributed by atoms with E-state index in [1.54, 1.807) is 7.11 Å². The van der Waals surface area contributed by atoms with Crippen LogP contribution in [0.25, 0.3) is 0 Å². The van der Waals surface area contributed by atoms with Gasteiger partial charge in [-0.05, 0) is 60.0 Å². The highest BCUT2D eigenvalue weighted by Gasteiger charge is 2.44. The monoisotopic (exact) mass is 422 g/mol. The smallest absolute Gasteiger partial charge is 0.241 e. The average molecular weight is 423 g/mol. The van der Waals surface area contributed by atoms with Gasteiger partial charge >= 0.3 is 0 Å². The van der Waals surface area contributed by atoms with Gasteiger partial charge in [0.1, 0.15) is 11.9 Å². The maximum absolute atomic E-state index is 13.4. The average Bonchev–Trinajstić information content (AvgIpc) is 2.96. The maximum Gasteiger partial charge on any atom is 0.241 e. The Morgan fingerprint density at radius 1 is 1.00 bits per heavy atom. The Hall–Kier alpha value is -2.33.